The highest BCUT2D eigenvalue weighted by Gasteiger charge is 2.21. The molecular formula is C11H23NO2. The first-order valence-corrected chi connectivity index (χ1v) is 5.63. The van der Waals surface area contributed by atoms with Crippen molar-refractivity contribution in [3.05, 3.63) is 0 Å². The minimum absolute atomic E-state index is 0.271. The maximum Gasteiger partial charge on any atom is 0.0586 e. The Kier molecular flexibility index (Phi) is 5.45. The van der Waals surface area contributed by atoms with Gasteiger partial charge < -0.3 is 15.2 Å². The summed E-state index contributed by atoms with van der Waals surface area (Å²) in [7, 11) is 1.80. The third kappa shape index (κ3) is 3.95. The molecule has 3 unspecified atom stereocenters. The molecule has 14 heavy (non-hydrogen) atoms. The number of methoxy groups -OCH3 is 1. The monoisotopic (exact) mass is 201 g/mol. The summed E-state index contributed by atoms with van der Waals surface area (Å²) in [6, 6.07) is 0.586. The van der Waals surface area contributed by atoms with Gasteiger partial charge in [0.1, 0.15) is 0 Å². The predicted octanol–water partition coefficient (Wildman–Crippen LogP) is 1.16. The van der Waals surface area contributed by atoms with Gasteiger partial charge in [-0.3, -0.25) is 0 Å². The molecule has 2 N–H and O–H groups in total. The second kappa shape index (κ2) is 6.38. The van der Waals surface area contributed by atoms with Gasteiger partial charge in [-0.25, -0.2) is 0 Å². The van der Waals surface area contributed by atoms with Crippen molar-refractivity contribution in [2.24, 2.45) is 5.92 Å². The van der Waals surface area contributed by atoms with Gasteiger partial charge in [0.15, 0.2) is 0 Å². The minimum atomic E-state index is 0.271. The van der Waals surface area contributed by atoms with Crippen LogP contribution < -0.4 is 5.32 Å². The Balaban J connectivity index is 2.17. The Morgan fingerprint density at radius 1 is 1.50 bits per heavy atom. The molecule has 84 valence electrons. The zero-order valence-electron chi connectivity index (χ0n) is 9.33. The van der Waals surface area contributed by atoms with E-state index in [9.17, 15) is 0 Å². The number of ether oxygens (including phenoxy) is 1. The number of hydrogen-bond donors (Lipinski definition) is 2. The van der Waals surface area contributed by atoms with Crippen LogP contribution in [0.25, 0.3) is 0 Å². The van der Waals surface area contributed by atoms with E-state index < -0.39 is 0 Å². The molecule has 0 amide bonds. The molecule has 1 aliphatic rings. The first-order chi connectivity index (χ1) is 6.76. The van der Waals surface area contributed by atoms with Crippen LogP contribution in [0.2, 0.25) is 0 Å². The summed E-state index contributed by atoms with van der Waals surface area (Å²) >= 11 is 0. The topological polar surface area (TPSA) is 41.5 Å². The Hall–Kier alpha value is -0.120. The van der Waals surface area contributed by atoms with Crippen molar-refractivity contribution in [3.8, 4) is 0 Å². The molecule has 3 heteroatoms. The largest absolute Gasteiger partial charge is 0.396 e. The lowest BCUT2D eigenvalue weighted by Crippen LogP contribution is -2.39. The number of rotatable bonds is 5. The first-order valence-electron chi connectivity index (χ1n) is 5.63. The molecule has 1 fully saturated rings. The molecule has 0 bridgehead atoms. The van der Waals surface area contributed by atoms with Crippen molar-refractivity contribution in [1.82, 2.24) is 5.32 Å². The maximum atomic E-state index is 8.90. The quantitative estimate of drug-likeness (QED) is 0.701. The summed E-state index contributed by atoms with van der Waals surface area (Å²) in [6.07, 6.45) is 5.26. The van der Waals surface area contributed by atoms with Crippen molar-refractivity contribution >= 4 is 0 Å². The smallest absolute Gasteiger partial charge is 0.0586 e. The average molecular weight is 201 g/mol. The van der Waals surface area contributed by atoms with Gasteiger partial charge in [-0.1, -0.05) is 6.92 Å². The normalized spacial score (nSPS) is 30.2. The lowest BCUT2D eigenvalue weighted by molar-refractivity contribution is 0.0578. The Morgan fingerprint density at radius 3 is 2.93 bits per heavy atom. The Bertz CT molecular complexity index is 152. The van der Waals surface area contributed by atoms with Crippen LogP contribution in [0.15, 0.2) is 0 Å². The summed E-state index contributed by atoms with van der Waals surface area (Å²) in [5.41, 5.74) is 0. The molecule has 1 saturated carbocycles. The predicted molar refractivity (Wildman–Crippen MR) is 57.3 cm³/mol. The Labute approximate surface area is 86.8 Å². The van der Waals surface area contributed by atoms with Crippen LogP contribution in [-0.2, 0) is 4.74 Å². The van der Waals surface area contributed by atoms with Gasteiger partial charge in [0.25, 0.3) is 0 Å². The van der Waals surface area contributed by atoms with E-state index in [1.807, 2.05) is 0 Å². The summed E-state index contributed by atoms with van der Waals surface area (Å²) < 4.78 is 5.37. The van der Waals surface area contributed by atoms with E-state index in [0.717, 1.165) is 13.0 Å². The van der Waals surface area contributed by atoms with Gasteiger partial charge in [-0.05, 0) is 31.6 Å². The fourth-order valence-corrected chi connectivity index (χ4v) is 1.98. The van der Waals surface area contributed by atoms with Gasteiger partial charge in [0.05, 0.1) is 6.10 Å². The maximum absolute atomic E-state index is 8.90. The molecule has 0 saturated heterocycles. The molecule has 0 radical (unpaired) electrons. The number of aliphatic hydroxyl groups is 1. The van der Waals surface area contributed by atoms with Gasteiger partial charge in [-0.2, -0.15) is 0 Å². The van der Waals surface area contributed by atoms with E-state index in [2.05, 4.69) is 12.2 Å². The van der Waals surface area contributed by atoms with Crippen LogP contribution in [0.3, 0.4) is 0 Å². The number of nitrogens with one attached hydrogen (secondary N) is 1. The fraction of sp³-hybridized carbons (Fsp3) is 1.00. The van der Waals surface area contributed by atoms with Crippen LogP contribution >= 0.6 is 0 Å². The van der Waals surface area contributed by atoms with Crippen molar-refractivity contribution in [2.45, 2.75) is 44.8 Å². The molecular weight excluding hydrogens is 178 g/mol. The molecule has 0 heterocycles. The Morgan fingerprint density at radius 2 is 2.29 bits per heavy atom. The van der Waals surface area contributed by atoms with Gasteiger partial charge in [0.2, 0.25) is 0 Å². The number of hydrogen-bond acceptors (Lipinski definition) is 3. The molecule has 1 rings (SSSR count). The van der Waals surface area contributed by atoms with Crippen molar-refractivity contribution in [3.63, 3.8) is 0 Å². The van der Waals surface area contributed by atoms with E-state index in [1.54, 1.807) is 7.11 Å². The lowest BCUT2D eigenvalue weighted by Gasteiger charge is -2.29. The molecule has 1 aliphatic carbocycles. The molecule has 0 aromatic heterocycles. The summed E-state index contributed by atoms with van der Waals surface area (Å²) in [6.45, 7) is 3.24. The van der Waals surface area contributed by atoms with Crippen LogP contribution in [0.5, 0.6) is 0 Å². The van der Waals surface area contributed by atoms with Crippen LogP contribution in [0.1, 0.15) is 32.6 Å². The van der Waals surface area contributed by atoms with Gasteiger partial charge >= 0.3 is 0 Å². The van der Waals surface area contributed by atoms with Crippen LogP contribution in [-0.4, -0.2) is 37.5 Å². The third-order valence-corrected chi connectivity index (χ3v) is 3.03. The highest BCUT2D eigenvalue weighted by molar-refractivity contribution is 4.78. The lowest BCUT2D eigenvalue weighted by atomic mass is 9.92. The zero-order chi connectivity index (χ0) is 10.4. The molecule has 0 aliphatic heterocycles. The van der Waals surface area contributed by atoms with Crippen LogP contribution in [0.4, 0.5) is 0 Å². The highest BCUT2D eigenvalue weighted by atomic mass is 16.5. The van der Waals surface area contributed by atoms with E-state index >= 15 is 0 Å². The molecule has 0 aromatic rings. The van der Waals surface area contributed by atoms with E-state index in [0.29, 0.717) is 18.1 Å². The zero-order valence-corrected chi connectivity index (χ0v) is 9.33. The van der Waals surface area contributed by atoms with E-state index in [4.69, 9.17) is 9.84 Å². The summed E-state index contributed by atoms with van der Waals surface area (Å²) in [5, 5.41) is 12.4. The fourth-order valence-electron chi connectivity index (χ4n) is 1.98. The molecule has 3 nitrogen and oxygen atoms in total. The van der Waals surface area contributed by atoms with E-state index in [-0.39, 0.29) is 6.61 Å². The summed E-state index contributed by atoms with van der Waals surface area (Å²) in [4.78, 5) is 0. The molecule has 0 aromatic carbocycles. The third-order valence-electron chi connectivity index (χ3n) is 3.03. The van der Waals surface area contributed by atoms with Crippen LogP contribution in [0, 0.1) is 5.92 Å². The van der Waals surface area contributed by atoms with Crippen molar-refractivity contribution < 1.29 is 9.84 Å². The molecule has 0 spiro atoms. The number of aliphatic hydroxyl groups excluding tert-OH is 1. The minimum Gasteiger partial charge on any atom is -0.396 e. The SMILES string of the molecule is COC1CCCC(NCC(C)CO)C1. The highest BCUT2D eigenvalue weighted by Crippen LogP contribution is 2.20. The van der Waals surface area contributed by atoms with Gasteiger partial charge in [-0.15, -0.1) is 0 Å². The standard InChI is InChI=1S/C11H23NO2/c1-9(8-13)7-12-10-4-3-5-11(6-10)14-2/h9-13H,3-8H2,1-2H3. The summed E-state index contributed by atoms with van der Waals surface area (Å²) in [5.74, 6) is 0.359. The average Bonchev–Trinajstić information content (AvgIpc) is 2.26. The first kappa shape index (κ1) is 12.0. The van der Waals surface area contributed by atoms with Crippen molar-refractivity contribution in [1.29, 1.82) is 0 Å². The van der Waals surface area contributed by atoms with E-state index in [1.165, 1.54) is 19.3 Å². The second-order valence-electron chi connectivity index (χ2n) is 4.42. The van der Waals surface area contributed by atoms with Gasteiger partial charge in [0, 0.05) is 26.3 Å². The molecule has 3 atom stereocenters. The van der Waals surface area contributed by atoms with Crippen molar-refractivity contribution in [2.75, 3.05) is 20.3 Å². The second-order valence-corrected chi connectivity index (χ2v) is 4.42.